The molecule has 1 aliphatic rings. The molecule has 2 aromatic rings. The van der Waals surface area contributed by atoms with Crippen molar-refractivity contribution in [2.75, 3.05) is 36.6 Å². The van der Waals surface area contributed by atoms with Gasteiger partial charge in [0.1, 0.15) is 23.9 Å². The van der Waals surface area contributed by atoms with Gasteiger partial charge < -0.3 is 24.4 Å². The van der Waals surface area contributed by atoms with Gasteiger partial charge in [-0.05, 0) is 69.5 Å². The molecule has 0 atom stereocenters. The molecule has 0 fully saturated rings. The molecule has 0 bridgehead atoms. The minimum atomic E-state index is -0.634. The SMILES string of the molecule is CCOc1ccc(OCC(=O)Nc2ccc3c(c2)OCC(C)(C)C(=O)N3CCC(C)C)cc1. The van der Waals surface area contributed by atoms with Gasteiger partial charge in [0, 0.05) is 18.3 Å². The van der Waals surface area contributed by atoms with E-state index >= 15 is 0 Å². The van der Waals surface area contributed by atoms with Crippen LogP contribution in [0.25, 0.3) is 0 Å². The summed E-state index contributed by atoms with van der Waals surface area (Å²) in [5.74, 6) is 2.15. The highest BCUT2D eigenvalue weighted by Gasteiger charge is 2.37. The molecule has 178 valence electrons. The van der Waals surface area contributed by atoms with Crippen LogP contribution in [0, 0.1) is 11.3 Å². The lowest BCUT2D eigenvalue weighted by Gasteiger charge is -2.28. The van der Waals surface area contributed by atoms with Gasteiger partial charge in [0.2, 0.25) is 5.91 Å². The summed E-state index contributed by atoms with van der Waals surface area (Å²) >= 11 is 0. The third-order valence-corrected chi connectivity index (χ3v) is 5.38. The van der Waals surface area contributed by atoms with Crippen LogP contribution in [-0.2, 0) is 9.59 Å². The number of hydrogen-bond donors (Lipinski definition) is 1. The fraction of sp³-hybridized carbons (Fsp3) is 0.462. The second kappa shape index (κ2) is 10.6. The minimum Gasteiger partial charge on any atom is -0.494 e. The van der Waals surface area contributed by atoms with Crippen molar-refractivity contribution in [3.63, 3.8) is 0 Å². The number of hydrogen-bond acceptors (Lipinski definition) is 5. The molecule has 0 aliphatic carbocycles. The molecular formula is C26H34N2O5. The lowest BCUT2D eigenvalue weighted by molar-refractivity contribution is -0.127. The number of anilines is 2. The fourth-order valence-electron chi connectivity index (χ4n) is 3.48. The van der Waals surface area contributed by atoms with Crippen molar-refractivity contribution in [3.05, 3.63) is 42.5 Å². The number of amides is 2. The Kier molecular flexibility index (Phi) is 7.84. The Morgan fingerprint density at radius 2 is 1.79 bits per heavy atom. The Hall–Kier alpha value is -3.22. The Bertz CT molecular complexity index is 969. The summed E-state index contributed by atoms with van der Waals surface area (Å²) in [5, 5.41) is 2.84. The molecule has 0 saturated carbocycles. The quantitative estimate of drug-likeness (QED) is 0.583. The Labute approximate surface area is 196 Å². The zero-order valence-electron chi connectivity index (χ0n) is 20.1. The lowest BCUT2D eigenvalue weighted by Crippen LogP contribution is -2.42. The van der Waals surface area contributed by atoms with Crippen molar-refractivity contribution in [3.8, 4) is 17.2 Å². The van der Waals surface area contributed by atoms with Crippen LogP contribution in [0.4, 0.5) is 11.4 Å². The lowest BCUT2D eigenvalue weighted by atomic mass is 9.92. The summed E-state index contributed by atoms with van der Waals surface area (Å²) in [6, 6.07) is 12.5. The van der Waals surface area contributed by atoms with E-state index in [9.17, 15) is 9.59 Å². The highest BCUT2D eigenvalue weighted by molar-refractivity contribution is 6.00. The first kappa shape index (κ1) is 24.4. The number of carbonyl (C=O) groups is 2. The summed E-state index contributed by atoms with van der Waals surface area (Å²) < 4.78 is 17.0. The molecule has 0 aromatic heterocycles. The average molecular weight is 455 g/mol. The first-order chi connectivity index (χ1) is 15.7. The van der Waals surface area contributed by atoms with Crippen molar-refractivity contribution >= 4 is 23.2 Å². The smallest absolute Gasteiger partial charge is 0.262 e. The zero-order chi connectivity index (χ0) is 24.0. The topological polar surface area (TPSA) is 77.1 Å². The van der Waals surface area contributed by atoms with Crippen LogP contribution in [0.2, 0.25) is 0 Å². The standard InChI is InChI=1S/C26H34N2O5/c1-6-31-20-8-10-21(11-9-20)32-16-24(29)27-19-7-12-22-23(15-19)33-17-26(4,5)25(30)28(22)14-13-18(2)3/h7-12,15,18H,6,13-14,16-17H2,1-5H3,(H,27,29). The van der Waals surface area contributed by atoms with Gasteiger partial charge in [0.05, 0.1) is 17.7 Å². The van der Waals surface area contributed by atoms with E-state index in [0.717, 1.165) is 17.9 Å². The molecule has 33 heavy (non-hydrogen) atoms. The van der Waals surface area contributed by atoms with Gasteiger partial charge in [-0.15, -0.1) is 0 Å². The normalized spacial score (nSPS) is 14.8. The van der Waals surface area contributed by atoms with Gasteiger partial charge in [-0.1, -0.05) is 13.8 Å². The van der Waals surface area contributed by atoms with E-state index in [0.29, 0.717) is 36.3 Å². The summed E-state index contributed by atoms with van der Waals surface area (Å²) in [4.78, 5) is 27.4. The number of nitrogens with one attached hydrogen (secondary N) is 1. The van der Waals surface area contributed by atoms with E-state index in [1.165, 1.54) is 0 Å². The molecule has 2 aromatic carbocycles. The maximum atomic E-state index is 13.1. The molecule has 2 amide bonds. The van der Waals surface area contributed by atoms with Crippen LogP contribution in [0.3, 0.4) is 0 Å². The molecule has 1 heterocycles. The van der Waals surface area contributed by atoms with Gasteiger partial charge in [-0.2, -0.15) is 0 Å². The Morgan fingerprint density at radius 1 is 1.12 bits per heavy atom. The summed E-state index contributed by atoms with van der Waals surface area (Å²) in [5.41, 5.74) is 0.685. The molecule has 1 aliphatic heterocycles. The minimum absolute atomic E-state index is 0.0439. The van der Waals surface area contributed by atoms with Crippen LogP contribution in [0.15, 0.2) is 42.5 Å². The number of carbonyl (C=O) groups excluding carboxylic acids is 2. The largest absolute Gasteiger partial charge is 0.494 e. The second-order valence-electron chi connectivity index (χ2n) is 9.24. The highest BCUT2D eigenvalue weighted by atomic mass is 16.5. The summed E-state index contributed by atoms with van der Waals surface area (Å²) in [6.07, 6.45) is 0.892. The first-order valence-electron chi connectivity index (χ1n) is 11.4. The van der Waals surface area contributed by atoms with Crippen molar-refractivity contribution in [1.82, 2.24) is 0 Å². The van der Waals surface area contributed by atoms with Crippen molar-refractivity contribution in [2.24, 2.45) is 11.3 Å². The van der Waals surface area contributed by atoms with E-state index in [-0.39, 0.29) is 25.0 Å². The van der Waals surface area contributed by atoms with Crippen molar-refractivity contribution in [1.29, 1.82) is 0 Å². The van der Waals surface area contributed by atoms with Crippen molar-refractivity contribution in [2.45, 2.75) is 41.0 Å². The first-order valence-corrected chi connectivity index (χ1v) is 11.4. The van der Waals surface area contributed by atoms with Gasteiger partial charge in [0.25, 0.3) is 5.91 Å². The molecule has 0 unspecified atom stereocenters. The third kappa shape index (κ3) is 6.40. The van der Waals surface area contributed by atoms with Gasteiger partial charge in [0.15, 0.2) is 6.61 Å². The number of nitrogens with zero attached hydrogens (tertiary/aromatic N) is 1. The maximum Gasteiger partial charge on any atom is 0.262 e. The number of rotatable bonds is 9. The molecular weight excluding hydrogens is 420 g/mol. The summed E-state index contributed by atoms with van der Waals surface area (Å²) in [6.45, 7) is 11.3. The summed E-state index contributed by atoms with van der Waals surface area (Å²) in [7, 11) is 0. The fourth-order valence-corrected chi connectivity index (χ4v) is 3.48. The zero-order valence-corrected chi connectivity index (χ0v) is 20.1. The molecule has 0 saturated heterocycles. The van der Waals surface area contributed by atoms with Crippen LogP contribution in [0.5, 0.6) is 17.2 Å². The van der Waals surface area contributed by atoms with E-state index < -0.39 is 5.41 Å². The second-order valence-corrected chi connectivity index (χ2v) is 9.24. The predicted molar refractivity (Wildman–Crippen MR) is 129 cm³/mol. The Morgan fingerprint density at radius 3 is 2.42 bits per heavy atom. The van der Waals surface area contributed by atoms with E-state index in [4.69, 9.17) is 14.2 Å². The van der Waals surface area contributed by atoms with Crippen LogP contribution in [-0.4, -0.2) is 38.2 Å². The third-order valence-electron chi connectivity index (χ3n) is 5.38. The van der Waals surface area contributed by atoms with Gasteiger partial charge in [-0.3, -0.25) is 9.59 Å². The molecule has 0 spiro atoms. The highest BCUT2D eigenvalue weighted by Crippen LogP contribution is 2.38. The van der Waals surface area contributed by atoms with Gasteiger partial charge in [-0.25, -0.2) is 0 Å². The molecule has 1 N–H and O–H groups in total. The number of fused-ring (bicyclic) bond motifs is 1. The van der Waals surface area contributed by atoms with Crippen LogP contribution < -0.4 is 24.4 Å². The van der Waals surface area contributed by atoms with E-state index in [2.05, 4.69) is 19.2 Å². The van der Waals surface area contributed by atoms with E-state index in [1.54, 1.807) is 36.4 Å². The monoisotopic (exact) mass is 454 g/mol. The van der Waals surface area contributed by atoms with E-state index in [1.807, 2.05) is 31.7 Å². The number of ether oxygens (including phenoxy) is 3. The maximum absolute atomic E-state index is 13.1. The predicted octanol–water partition coefficient (Wildman–Crippen LogP) is 4.90. The molecule has 0 radical (unpaired) electrons. The Balaban J connectivity index is 1.67. The molecule has 7 nitrogen and oxygen atoms in total. The molecule has 3 rings (SSSR count). The van der Waals surface area contributed by atoms with Crippen LogP contribution in [0.1, 0.15) is 41.0 Å². The number of benzene rings is 2. The van der Waals surface area contributed by atoms with Crippen molar-refractivity contribution < 1.29 is 23.8 Å². The molecule has 7 heteroatoms. The van der Waals surface area contributed by atoms with Crippen LogP contribution >= 0.6 is 0 Å². The average Bonchev–Trinajstić information content (AvgIpc) is 2.86. The van der Waals surface area contributed by atoms with Gasteiger partial charge >= 0.3 is 0 Å².